The van der Waals surface area contributed by atoms with E-state index in [0.717, 1.165) is 22.0 Å². The van der Waals surface area contributed by atoms with Gasteiger partial charge in [-0.3, -0.25) is 9.97 Å². The minimum absolute atomic E-state index is 0.702. The molecule has 0 saturated heterocycles. The zero-order valence-corrected chi connectivity index (χ0v) is 9.72. The molecule has 0 aliphatic carbocycles. The number of nitrogens with zero attached hydrogens (tertiary/aromatic N) is 2. The lowest BCUT2D eigenvalue weighted by molar-refractivity contribution is 1.33. The number of fused-ring (bicyclic) bond motifs is 1. The lowest BCUT2D eigenvalue weighted by Crippen LogP contribution is -1.84. The molecule has 3 heteroatoms. The van der Waals surface area contributed by atoms with E-state index in [0.29, 0.717) is 5.02 Å². The fourth-order valence-corrected chi connectivity index (χ4v) is 2.06. The molecule has 2 heterocycles. The predicted molar refractivity (Wildman–Crippen MR) is 70.0 cm³/mol. The molecule has 2 nitrogen and oxygen atoms in total. The molecular weight excluding hydrogens is 232 g/mol. The Hall–Kier alpha value is -1.93. The van der Waals surface area contributed by atoms with Crippen molar-refractivity contribution in [1.29, 1.82) is 0 Å². The first-order valence-corrected chi connectivity index (χ1v) is 5.67. The molecule has 82 valence electrons. The summed E-state index contributed by atoms with van der Waals surface area (Å²) in [6.07, 6.45) is 5.41. The zero-order valence-electron chi connectivity index (χ0n) is 8.97. The van der Waals surface area contributed by atoms with Crippen molar-refractivity contribution in [1.82, 2.24) is 9.97 Å². The van der Waals surface area contributed by atoms with E-state index in [-0.39, 0.29) is 0 Å². The summed E-state index contributed by atoms with van der Waals surface area (Å²) < 4.78 is 0. The summed E-state index contributed by atoms with van der Waals surface area (Å²) in [6, 6.07) is 11.7. The highest BCUT2D eigenvalue weighted by Gasteiger charge is 2.04. The molecule has 0 aliphatic heterocycles. The van der Waals surface area contributed by atoms with Crippen LogP contribution in [0.25, 0.3) is 22.0 Å². The number of halogens is 1. The van der Waals surface area contributed by atoms with Crippen LogP contribution < -0.4 is 0 Å². The number of hydrogen-bond acceptors (Lipinski definition) is 2. The Kier molecular flexibility index (Phi) is 2.50. The molecule has 0 saturated carbocycles. The fraction of sp³-hybridized carbons (Fsp3) is 0. The van der Waals surface area contributed by atoms with Crippen LogP contribution in [0.4, 0.5) is 0 Å². The van der Waals surface area contributed by atoms with Gasteiger partial charge in [0.05, 0.1) is 5.52 Å². The molecule has 3 rings (SSSR count). The first-order valence-electron chi connectivity index (χ1n) is 5.29. The van der Waals surface area contributed by atoms with Gasteiger partial charge >= 0.3 is 0 Å². The van der Waals surface area contributed by atoms with Crippen molar-refractivity contribution in [2.24, 2.45) is 0 Å². The molecular formula is C14H9ClN2. The average Bonchev–Trinajstić information content (AvgIpc) is 2.39. The summed E-state index contributed by atoms with van der Waals surface area (Å²) in [7, 11) is 0. The van der Waals surface area contributed by atoms with E-state index < -0.39 is 0 Å². The maximum atomic E-state index is 5.96. The molecule has 0 aliphatic rings. The zero-order chi connectivity index (χ0) is 11.7. The van der Waals surface area contributed by atoms with Gasteiger partial charge in [0, 0.05) is 34.6 Å². The Morgan fingerprint density at radius 3 is 2.76 bits per heavy atom. The molecule has 2 aromatic heterocycles. The van der Waals surface area contributed by atoms with Crippen LogP contribution in [0.3, 0.4) is 0 Å². The third-order valence-electron chi connectivity index (χ3n) is 2.68. The predicted octanol–water partition coefficient (Wildman–Crippen LogP) is 3.95. The minimum atomic E-state index is 0.702. The number of aromatic nitrogens is 2. The third-order valence-corrected chi connectivity index (χ3v) is 2.91. The van der Waals surface area contributed by atoms with Crippen LogP contribution in [0.2, 0.25) is 5.02 Å². The summed E-state index contributed by atoms with van der Waals surface area (Å²) in [5.74, 6) is 0. The molecule has 1 aromatic carbocycles. The maximum Gasteiger partial charge on any atom is 0.0723 e. The highest BCUT2D eigenvalue weighted by molar-refractivity contribution is 6.31. The number of hydrogen-bond donors (Lipinski definition) is 0. The molecule has 0 amide bonds. The van der Waals surface area contributed by atoms with E-state index in [1.54, 1.807) is 12.4 Å². The maximum absolute atomic E-state index is 5.96. The van der Waals surface area contributed by atoms with Crippen LogP contribution in [0.15, 0.2) is 55.0 Å². The van der Waals surface area contributed by atoms with Crippen LogP contribution in [-0.2, 0) is 0 Å². The van der Waals surface area contributed by atoms with Crippen molar-refractivity contribution < 1.29 is 0 Å². The van der Waals surface area contributed by atoms with Gasteiger partial charge in [-0.05, 0) is 29.8 Å². The lowest BCUT2D eigenvalue weighted by atomic mass is 10.0. The van der Waals surface area contributed by atoms with E-state index in [4.69, 9.17) is 11.6 Å². The smallest absolute Gasteiger partial charge is 0.0723 e. The Balaban J connectivity index is 2.31. The van der Waals surface area contributed by atoms with Crippen molar-refractivity contribution in [3.8, 4) is 11.1 Å². The average molecular weight is 241 g/mol. The van der Waals surface area contributed by atoms with E-state index in [1.807, 2.05) is 42.6 Å². The molecule has 0 bridgehead atoms. The highest BCUT2D eigenvalue weighted by Crippen LogP contribution is 2.28. The Labute approximate surface area is 104 Å². The van der Waals surface area contributed by atoms with Gasteiger partial charge in [-0.2, -0.15) is 0 Å². The van der Waals surface area contributed by atoms with Gasteiger partial charge in [0.15, 0.2) is 0 Å². The molecule has 17 heavy (non-hydrogen) atoms. The van der Waals surface area contributed by atoms with E-state index in [1.165, 1.54) is 0 Å². The summed E-state index contributed by atoms with van der Waals surface area (Å²) in [5.41, 5.74) is 3.11. The molecule has 0 radical (unpaired) electrons. The van der Waals surface area contributed by atoms with Gasteiger partial charge < -0.3 is 0 Å². The molecule has 0 unspecified atom stereocenters. The van der Waals surface area contributed by atoms with Gasteiger partial charge in [-0.15, -0.1) is 0 Å². The van der Waals surface area contributed by atoms with E-state index in [9.17, 15) is 0 Å². The summed E-state index contributed by atoms with van der Waals surface area (Å²) in [4.78, 5) is 8.46. The lowest BCUT2D eigenvalue weighted by Gasteiger charge is -2.05. The summed E-state index contributed by atoms with van der Waals surface area (Å²) >= 11 is 5.96. The van der Waals surface area contributed by atoms with Crippen molar-refractivity contribution in [2.75, 3.05) is 0 Å². The van der Waals surface area contributed by atoms with Crippen LogP contribution in [-0.4, -0.2) is 9.97 Å². The van der Waals surface area contributed by atoms with E-state index >= 15 is 0 Å². The molecule has 0 N–H and O–H groups in total. The van der Waals surface area contributed by atoms with Crippen LogP contribution in [0, 0.1) is 0 Å². The first-order chi connectivity index (χ1) is 8.34. The van der Waals surface area contributed by atoms with Crippen LogP contribution in [0.1, 0.15) is 0 Å². The standard InChI is InChI=1S/C14H9ClN2/c15-11-3-4-13-12(5-7-17-14(13)8-11)10-2-1-6-16-9-10/h1-9H. The second kappa shape index (κ2) is 4.15. The number of benzene rings is 1. The van der Waals surface area contributed by atoms with Crippen molar-refractivity contribution in [3.05, 3.63) is 60.0 Å². The van der Waals surface area contributed by atoms with Crippen molar-refractivity contribution in [2.45, 2.75) is 0 Å². The quantitative estimate of drug-likeness (QED) is 0.644. The monoisotopic (exact) mass is 240 g/mol. The van der Waals surface area contributed by atoms with Gasteiger partial charge in [-0.25, -0.2) is 0 Å². The third kappa shape index (κ3) is 1.87. The topological polar surface area (TPSA) is 25.8 Å². The minimum Gasteiger partial charge on any atom is -0.264 e. The second-order valence-corrected chi connectivity index (χ2v) is 4.20. The van der Waals surface area contributed by atoms with E-state index in [2.05, 4.69) is 9.97 Å². The normalized spacial score (nSPS) is 10.6. The Bertz CT molecular complexity index is 665. The summed E-state index contributed by atoms with van der Waals surface area (Å²) in [6.45, 7) is 0. The molecule has 0 spiro atoms. The van der Waals surface area contributed by atoms with Crippen molar-refractivity contribution in [3.63, 3.8) is 0 Å². The fourth-order valence-electron chi connectivity index (χ4n) is 1.90. The highest BCUT2D eigenvalue weighted by atomic mass is 35.5. The Morgan fingerprint density at radius 1 is 1.00 bits per heavy atom. The van der Waals surface area contributed by atoms with Gasteiger partial charge in [-0.1, -0.05) is 23.7 Å². The number of rotatable bonds is 1. The van der Waals surface area contributed by atoms with Gasteiger partial charge in [0.25, 0.3) is 0 Å². The Morgan fingerprint density at radius 2 is 1.94 bits per heavy atom. The van der Waals surface area contributed by atoms with Crippen LogP contribution >= 0.6 is 11.6 Å². The number of pyridine rings is 2. The second-order valence-electron chi connectivity index (χ2n) is 3.76. The molecule has 0 atom stereocenters. The molecule has 3 aromatic rings. The summed E-state index contributed by atoms with van der Waals surface area (Å²) in [5, 5.41) is 1.79. The van der Waals surface area contributed by atoms with Gasteiger partial charge in [0.1, 0.15) is 0 Å². The van der Waals surface area contributed by atoms with Crippen LogP contribution in [0.5, 0.6) is 0 Å². The van der Waals surface area contributed by atoms with Gasteiger partial charge in [0.2, 0.25) is 0 Å². The van der Waals surface area contributed by atoms with Crippen molar-refractivity contribution >= 4 is 22.5 Å². The SMILES string of the molecule is Clc1ccc2c(-c3cccnc3)ccnc2c1. The first kappa shape index (κ1) is 10.2. The molecule has 0 fully saturated rings. The largest absolute Gasteiger partial charge is 0.264 e.